The molecule has 1 aliphatic rings. The summed E-state index contributed by atoms with van der Waals surface area (Å²) in [4.78, 5) is 16.9. The quantitative estimate of drug-likeness (QED) is 0.795. The van der Waals surface area contributed by atoms with Crippen LogP contribution in [0.5, 0.6) is 0 Å². The summed E-state index contributed by atoms with van der Waals surface area (Å²) in [6.07, 6.45) is 2.78. The van der Waals surface area contributed by atoms with Gasteiger partial charge in [-0.1, -0.05) is 0 Å². The second kappa shape index (κ2) is 4.72. The largest absolute Gasteiger partial charge is 0.351 e. The summed E-state index contributed by atoms with van der Waals surface area (Å²) in [5.41, 5.74) is 0. The third kappa shape index (κ3) is 2.76. The summed E-state index contributed by atoms with van der Waals surface area (Å²) >= 11 is 1.63. The van der Waals surface area contributed by atoms with E-state index in [0.29, 0.717) is 6.54 Å². The average molecular weight is 225 g/mol. The fraction of sp³-hybridized carbons (Fsp3) is 0.600. The van der Waals surface area contributed by atoms with Crippen LogP contribution in [0, 0.1) is 12.8 Å². The Morgan fingerprint density at radius 2 is 2.67 bits per heavy atom. The lowest BCUT2D eigenvalue weighted by Crippen LogP contribution is -2.31. The van der Waals surface area contributed by atoms with Gasteiger partial charge in [0.25, 0.3) is 0 Å². The molecule has 0 saturated carbocycles. The molecule has 5 heteroatoms. The molecular weight excluding hydrogens is 210 g/mol. The highest BCUT2D eigenvalue weighted by Gasteiger charge is 2.21. The van der Waals surface area contributed by atoms with Gasteiger partial charge < -0.3 is 10.6 Å². The highest BCUT2D eigenvalue weighted by Crippen LogP contribution is 2.12. The van der Waals surface area contributed by atoms with Gasteiger partial charge in [0.1, 0.15) is 0 Å². The minimum atomic E-state index is 0.152. The number of rotatable bonds is 3. The third-order valence-electron chi connectivity index (χ3n) is 2.54. The number of nitrogens with zero attached hydrogens (tertiary/aromatic N) is 1. The van der Waals surface area contributed by atoms with Crippen molar-refractivity contribution in [2.24, 2.45) is 5.92 Å². The average Bonchev–Trinajstić information content (AvgIpc) is 2.84. The molecule has 4 nitrogen and oxygen atoms in total. The molecule has 82 valence electrons. The standard InChI is InChI=1S/C10H15N3OS/c1-7-12-5-9(15-7)6-13-10(14)8-2-3-11-4-8/h5,8,11H,2-4,6H2,1H3,(H,13,14). The number of amides is 1. The Balaban J connectivity index is 1.80. The number of aryl methyl sites for hydroxylation is 1. The van der Waals surface area contributed by atoms with E-state index in [-0.39, 0.29) is 11.8 Å². The topological polar surface area (TPSA) is 54.0 Å². The Kier molecular flexibility index (Phi) is 3.33. The van der Waals surface area contributed by atoms with Gasteiger partial charge in [0.05, 0.1) is 17.5 Å². The Morgan fingerprint density at radius 1 is 1.80 bits per heavy atom. The zero-order valence-electron chi connectivity index (χ0n) is 8.75. The first-order chi connectivity index (χ1) is 7.25. The number of aromatic nitrogens is 1. The first kappa shape index (κ1) is 10.6. The lowest BCUT2D eigenvalue weighted by Gasteiger charge is -2.08. The van der Waals surface area contributed by atoms with Gasteiger partial charge in [-0.3, -0.25) is 4.79 Å². The first-order valence-corrected chi connectivity index (χ1v) is 5.97. The molecule has 0 bridgehead atoms. The third-order valence-corrected chi connectivity index (χ3v) is 3.45. The van der Waals surface area contributed by atoms with Gasteiger partial charge in [0.15, 0.2) is 0 Å². The van der Waals surface area contributed by atoms with Crippen LogP contribution in [0.1, 0.15) is 16.3 Å². The van der Waals surface area contributed by atoms with Crippen LogP contribution < -0.4 is 10.6 Å². The van der Waals surface area contributed by atoms with Crippen LogP contribution >= 0.6 is 11.3 Å². The second-order valence-corrected chi connectivity index (χ2v) is 5.07. The minimum Gasteiger partial charge on any atom is -0.351 e. The number of hydrogen-bond acceptors (Lipinski definition) is 4. The van der Waals surface area contributed by atoms with Gasteiger partial charge in [-0.15, -0.1) is 11.3 Å². The van der Waals surface area contributed by atoms with E-state index in [0.717, 1.165) is 29.4 Å². The maximum Gasteiger partial charge on any atom is 0.224 e. The summed E-state index contributed by atoms with van der Waals surface area (Å²) in [6, 6.07) is 0. The number of thiazole rings is 1. The van der Waals surface area contributed by atoms with Crippen molar-refractivity contribution in [1.29, 1.82) is 0 Å². The van der Waals surface area contributed by atoms with Gasteiger partial charge in [-0.05, 0) is 19.9 Å². The van der Waals surface area contributed by atoms with E-state index in [2.05, 4.69) is 15.6 Å². The molecule has 2 N–H and O–H groups in total. The summed E-state index contributed by atoms with van der Waals surface area (Å²) in [5, 5.41) is 7.17. The van der Waals surface area contributed by atoms with Gasteiger partial charge in [-0.2, -0.15) is 0 Å². The molecular formula is C10H15N3OS. The molecule has 1 unspecified atom stereocenters. The maximum atomic E-state index is 11.7. The summed E-state index contributed by atoms with van der Waals surface area (Å²) < 4.78 is 0. The molecule has 1 atom stereocenters. The minimum absolute atomic E-state index is 0.152. The predicted molar refractivity (Wildman–Crippen MR) is 59.7 cm³/mol. The van der Waals surface area contributed by atoms with Crippen LogP contribution in [0.2, 0.25) is 0 Å². The number of hydrogen-bond donors (Lipinski definition) is 2. The van der Waals surface area contributed by atoms with Crippen LogP contribution in [0.3, 0.4) is 0 Å². The molecule has 15 heavy (non-hydrogen) atoms. The highest BCUT2D eigenvalue weighted by atomic mass is 32.1. The molecule has 0 aromatic carbocycles. The maximum absolute atomic E-state index is 11.7. The van der Waals surface area contributed by atoms with Crippen LogP contribution in [-0.4, -0.2) is 24.0 Å². The van der Waals surface area contributed by atoms with Gasteiger partial charge >= 0.3 is 0 Å². The molecule has 1 fully saturated rings. The van der Waals surface area contributed by atoms with Crippen molar-refractivity contribution in [3.05, 3.63) is 16.1 Å². The second-order valence-electron chi connectivity index (χ2n) is 3.75. The van der Waals surface area contributed by atoms with E-state index < -0.39 is 0 Å². The molecule has 0 radical (unpaired) electrons. The SMILES string of the molecule is Cc1ncc(CNC(=O)C2CCNC2)s1. The highest BCUT2D eigenvalue weighted by molar-refractivity contribution is 7.11. The Bertz CT molecular complexity index is 344. The van der Waals surface area contributed by atoms with E-state index >= 15 is 0 Å². The van der Waals surface area contributed by atoms with Gasteiger partial charge in [-0.25, -0.2) is 4.98 Å². The number of carbonyl (C=O) groups excluding carboxylic acids is 1. The van der Waals surface area contributed by atoms with E-state index in [1.165, 1.54) is 0 Å². The molecule has 1 aromatic rings. The smallest absolute Gasteiger partial charge is 0.224 e. The van der Waals surface area contributed by atoms with Crippen molar-refractivity contribution in [1.82, 2.24) is 15.6 Å². The van der Waals surface area contributed by atoms with Gasteiger partial charge in [0.2, 0.25) is 5.91 Å². The lowest BCUT2D eigenvalue weighted by molar-refractivity contribution is -0.124. The van der Waals surface area contributed by atoms with Crippen molar-refractivity contribution >= 4 is 17.2 Å². The Labute approximate surface area is 93.1 Å². The van der Waals surface area contributed by atoms with Gasteiger partial charge in [0, 0.05) is 17.6 Å². The zero-order chi connectivity index (χ0) is 10.7. The molecule has 1 saturated heterocycles. The molecule has 0 spiro atoms. The monoisotopic (exact) mass is 225 g/mol. The van der Waals surface area contributed by atoms with Crippen molar-refractivity contribution in [3.8, 4) is 0 Å². The van der Waals surface area contributed by atoms with Crippen LogP contribution in [-0.2, 0) is 11.3 Å². The molecule has 2 heterocycles. The molecule has 1 aliphatic heterocycles. The fourth-order valence-electron chi connectivity index (χ4n) is 1.68. The van der Waals surface area contributed by atoms with E-state index in [9.17, 15) is 4.79 Å². The number of nitrogens with one attached hydrogen (secondary N) is 2. The molecule has 0 aliphatic carbocycles. The van der Waals surface area contributed by atoms with Crippen LogP contribution in [0.25, 0.3) is 0 Å². The Hall–Kier alpha value is -0.940. The van der Waals surface area contributed by atoms with Crippen molar-refractivity contribution < 1.29 is 4.79 Å². The van der Waals surface area contributed by atoms with Crippen molar-refractivity contribution in [3.63, 3.8) is 0 Å². The van der Waals surface area contributed by atoms with Crippen molar-refractivity contribution in [2.75, 3.05) is 13.1 Å². The molecule has 2 rings (SSSR count). The zero-order valence-corrected chi connectivity index (χ0v) is 9.56. The van der Waals surface area contributed by atoms with Crippen molar-refractivity contribution in [2.45, 2.75) is 19.9 Å². The summed E-state index contributed by atoms with van der Waals surface area (Å²) in [7, 11) is 0. The first-order valence-electron chi connectivity index (χ1n) is 5.15. The summed E-state index contributed by atoms with van der Waals surface area (Å²) in [6.45, 7) is 4.35. The Morgan fingerprint density at radius 3 is 3.27 bits per heavy atom. The molecule has 1 aromatic heterocycles. The predicted octanol–water partition coefficient (Wildman–Crippen LogP) is 0.677. The van der Waals surface area contributed by atoms with Crippen LogP contribution in [0.4, 0.5) is 0 Å². The van der Waals surface area contributed by atoms with E-state index in [4.69, 9.17) is 0 Å². The fourth-order valence-corrected chi connectivity index (χ4v) is 2.42. The van der Waals surface area contributed by atoms with E-state index in [1.807, 2.05) is 13.1 Å². The normalized spacial score (nSPS) is 20.5. The molecule has 1 amide bonds. The summed E-state index contributed by atoms with van der Waals surface area (Å²) in [5.74, 6) is 0.310. The lowest BCUT2D eigenvalue weighted by atomic mass is 10.1. The van der Waals surface area contributed by atoms with Crippen LogP contribution in [0.15, 0.2) is 6.20 Å². The van der Waals surface area contributed by atoms with E-state index in [1.54, 1.807) is 11.3 Å². The number of carbonyl (C=O) groups is 1.